The molecule has 0 N–H and O–H groups in total. The molecular weight excluding hydrogens is 364 g/mol. The van der Waals surface area contributed by atoms with Crippen LogP contribution in [-0.2, 0) is 20.6 Å². The van der Waals surface area contributed by atoms with E-state index in [4.69, 9.17) is 0 Å². The molecule has 5 rings (SSSR count). The molecule has 2 aromatic carbocycles. The Morgan fingerprint density at radius 1 is 0.862 bits per heavy atom. The van der Waals surface area contributed by atoms with Gasteiger partial charge < -0.3 is 9.80 Å². The van der Waals surface area contributed by atoms with Crippen molar-refractivity contribution in [2.75, 3.05) is 9.80 Å². The molecule has 6 nitrogen and oxygen atoms in total. The van der Waals surface area contributed by atoms with Crippen LogP contribution in [-0.4, -0.2) is 15.3 Å². The Hall–Kier alpha value is -3.28. The van der Waals surface area contributed by atoms with Crippen LogP contribution >= 0.6 is 0 Å². The van der Waals surface area contributed by atoms with Crippen LogP contribution in [0.4, 0.5) is 11.5 Å². The first kappa shape index (κ1) is 17.8. The second-order valence-electron chi connectivity index (χ2n) is 7.87. The Morgan fingerprint density at radius 3 is 2.21 bits per heavy atom. The number of hydrogen-bond acceptors (Lipinski definition) is 4. The largest absolute Gasteiger partial charge is 0.344 e. The molecule has 2 atom stereocenters. The van der Waals surface area contributed by atoms with Gasteiger partial charge in [0.25, 0.3) is 5.56 Å². The van der Waals surface area contributed by atoms with Crippen LogP contribution in [0, 0.1) is 0 Å². The van der Waals surface area contributed by atoms with Crippen LogP contribution in [0.2, 0.25) is 0 Å². The van der Waals surface area contributed by atoms with Crippen LogP contribution in [0.25, 0.3) is 0 Å². The fourth-order valence-corrected chi connectivity index (χ4v) is 4.93. The topological polar surface area (TPSA) is 50.5 Å². The minimum Gasteiger partial charge on any atom is -0.344 e. The van der Waals surface area contributed by atoms with Gasteiger partial charge in [-0.05, 0) is 30.5 Å². The number of hydrogen-bond donors (Lipinski definition) is 0. The minimum absolute atomic E-state index is 0.0186. The standard InChI is InChI=1S/C23H24N4O2/c1-24-21-20(22(28)25(2)23(24)29)18-13-14-19(27(18)17-11-7-4-8-12-17)26(21)15-16-9-5-3-6-10-16/h3-12,18-19H,13-15H2,1-2H3/t18-,19+/m0/s1. The van der Waals surface area contributed by atoms with Gasteiger partial charge in [0, 0.05) is 26.3 Å². The smallest absolute Gasteiger partial charge is 0.332 e. The molecule has 3 aromatic rings. The van der Waals surface area contributed by atoms with Crippen LogP contribution < -0.4 is 21.0 Å². The van der Waals surface area contributed by atoms with E-state index < -0.39 is 0 Å². The molecule has 1 aromatic heterocycles. The predicted octanol–water partition coefficient (Wildman–Crippen LogP) is 2.77. The van der Waals surface area contributed by atoms with Crippen LogP contribution in [0.3, 0.4) is 0 Å². The van der Waals surface area contributed by atoms with E-state index in [0.717, 1.165) is 35.5 Å². The maximum absolute atomic E-state index is 13.2. The lowest BCUT2D eigenvalue weighted by molar-refractivity contribution is 0.520. The second kappa shape index (κ2) is 6.65. The highest BCUT2D eigenvalue weighted by atomic mass is 16.2. The number of para-hydroxylation sites is 1. The van der Waals surface area contributed by atoms with Crippen LogP contribution in [0.5, 0.6) is 0 Å². The molecule has 1 saturated heterocycles. The molecule has 29 heavy (non-hydrogen) atoms. The van der Waals surface area contributed by atoms with E-state index in [0.29, 0.717) is 6.54 Å². The molecule has 148 valence electrons. The normalized spacial score (nSPS) is 20.1. The van der Waals surface area contributed by atoms with Gasteiger partial charge in [0.1, 0.15) is 12.0 Å². The van der Waals surface area contributed by atoms with Crippen molar-refractivity contribution in [1.29, 1.82) is 0 Å². The third kappa shape index (κ3) is 2.63. The first-order chi connectivity index (χ1) is 14.1. The fourth-order valence-electron chi connectivity index (χ4n) is 4.93. The number of aromatic nitrogens is 2. The van der Waals surface area contributed by atoms with E-state index >= 15 is 0 Å². The summed E-state index contributed by atoms with van der Waals surface area (Å²) in [6.45, 7) is 0.648. The van der Waals surface area contributed by atoms with Gasteiger partial charge in [-0.15, -0.1) is 0 Å². The lowest BCUT2D eigenvalue weighted by atomic mass is 10.0. The summed E-state index contributed by atoms with van der Waals surface area (Å²) in [6, 6.07) is 20.5. The zero-order chi connectivity index (χ0) is 20.1. The average Bonchev–Trinajstić information content (AvgIpc) is 3.12. The molecule has 2 aliphatic rings. The van der Waals surface area contributed by atoms with Gasteiger partial charge in [0.2, 0.25) is 0 Å². The van der Waals surface area contributed by atoms with Crippen molar-refractivity contribution in [1.82, 2.24) is 9.13 Å². The Morgan fingerprint density at radius 2 is 1.52 bits per heavy atom. The van der Waals surface area contributed by atoms with Gasteiger partial charge in [0.15, 0.2) is 0 Å². The monoisotopic (exact) mass is 388 g/mol. The van der Waals surface area contributed by atoms with Crippen LogP contribution in [0.15, 0.2) is 70.3 Å². The first-order valence-electron chi connectivity index (χ1n) is 10.0. The molecule has 1 fully saturated rings. The van der Waals surface area contributed by atoms with Gasteiger partial charge in [-0.1, -0.05) is 48.5 Å². The van der Waals surface area contributed by atoms with Gasteiger partial charge >= 0.3 is 5.69 Å². The molecule has 3 heterocycles. The van der Waals surface area contributed by atoms with Crippen molar-refractivity contribution < 1.29 is 0 Å². The second-order valence-corrected chi connectivity index (χ2v) is 7.87. The van der Waals surface area contributed by atoms with Gasteiger partial charge in [-0.3, -0.25) is 13.9 Å². The van der Waals surface area contributed by atoms with Crippen molar-refractivity contribution in [2.24, 2.45) is 14.1 Å². The molecule has 0 unspecified atom stereocenters. The predicted molar refractivity (Wildman–Crippen MR) is 114 cm³/mol. The van der Waals surface area contributed by atoms with E-state index in [2.05, 4.69) is 34.1 Å². The van der Waals surface area contributed by atoms with Crippen LogP contribution in [0.1, 0.15) is 30.0 Å². The summed E-state index contributed by atoms with van der Waals surface area (Å²) < 4.78 is 2.88. The van der Waals surface area contributed by atoms with E-state index in [1.54, 1.807) is 18.7 Å². The van der Waals surface area contributed by atoms with Gasteiger partial charge in [0.05, 0.1) is 11.6 Å². The zero-order valence-electron chi connectivity index (χ0n) is 16.7. The number of anilines is 2. The summed E-state index contributed by atoms with van der Waals surface area (Å²) in [6.07, 6.45) is 1.94. The van der Waals surface area contributed by atoms with E-state index in [-0.39, 0.29) is 23.5 Å². The SMILES string of the molecule is Cn1c2c(c(=O)n(C)c1=O)[C@@H]1CC[C@H](N2Cc2ccccc2)N1c1ccccc1. The minimum atomic E-state index is -0.278. The summed E-state index contributed by atoms with van der Waals surface area (Å²) in [5.41, 5.74) is 2.53. The molecule has 6 heteroatoms. The maximum atomic E-state index is 13.2. The van der Waals surface area contributed by atoms with Gasteiger partial charge in [-0.25, -0.2) is 4.79 Å². The third-order valence-electron chi connectivity index (χ3n) is 6.24. The number of benzene rings is 2. The summed E-state index contributed by atoms with van der Waals surface area (Å²) in [5.74, 6) is 0.765. The summed E-state index contributed by atoms with van der Waals surface area (Å²) >= 11 is 0. The third-order valence-corrected chi connectivity index (χ3v) is 6.24. The van der Waals surface area contributed by atoms with Crippen molar-refractivity contribution in [2.45, 2.75) is 31.6 Å². The number of nitrogens with zero attached hydrogens (tertiary/aromatic N) is 4. The van der Waals surface area contributed by atoms with Crippen molar-refractivity contribution >= 4 is 11.5 Å². The molecule has 2 aliphatic heterocycles. The van der Waals surface area contributed by atoms with Crippen molar-refractivity contribution in [3.63, 3.8) is 0 Å². The van der Waals surface area contributed by atoms with E-state index in [9.17, 15) is 9.59 Å². The Balaban J connectivity index is 1.75. The highest BCUT2D eigenvalue weighted by Gasteiger charge is 2.47. The van der Waals surface area contributed by atoms with Gasteiger partial charge in [-0.2, -0.15) is 0 Å². The molecule has 0 saturated carbocycles. The molecule has 0 aliphatic carbocycles. The summed E-state index contributed by atoms with van der Waals surface area (Å²) in [4.78, 5) is 30.6. The lowest BCUT2D eigenvalue weighted by Gasteiger charge is -2.46. The molecule has 2 bridgehead atoms. The Labute approximate surface area is 169 Å². The Bertz CT molecular complexity index is 1170. The first-order valence-corrected chi connectivity index (χ1v) is 10.0. The summed E-state index contributed by atoms with van der Waals surface area (Å²) in [5, 5.41) is 0. The van der Waals surface area contributed by atoms with Crippen molar-refractivity contribution in [3.8, 4) is 0 Å². The summed E-state index contributed by atoms with van der Waals surface area (Å²) in [7, 11) is 3.34. The fraction of sp³-hybridized carbons (Fsp3) is 0.304. The quantitative estimate of drug-likeness (QED) is 0.692. The Kier molecular flexibility index (Phi) is 4.08. The lowest BCUT2D eigenvalue weighted by Crippen LogP contribution is -2.55. The maximum Gasteiger partial charge on any atom is 0.332 e. The highest BCUT2D eigenvalue weighted by Crippen LogP contribution is 2.48. The number of fused-ring (bicyclic) bond motifs is 4. The molecule has 0 radical (unpaired) electrons. The van der Waals surface area contributed by atoms with E-state index in [1.165, 1.54) is 4.57 Å². The number of rotatable bonds is 3. The molecular formula is C23H24N4O2. The zero-order valence-corrected chi connectivity index (χ0v) is 16.7. The molecule has 0 amide bonds. The van der Waals surface area contributed by atoms with E-state index in [1.807, 2.05) is 36.4 Å². The van der Waals surface area contributed by atoms with Crippen molar-refractivity contribution in [3.05, 3.63) is 92.6 Å². The highest BCUT2D eigenvalue weighted by molar-refractivity contribution is 5.63. The average molecular weight is 388 g/mol. The molecule has 0 spiro atoms.